The summed E-state index contributed by atoms with van der Waals surface area (Å²) in [5, 5.41) is 16.2. The molecular formula is C119H133ClN4O2S2. The van der Waals surface area contributed by atoms with E-state index in [1.165, 1.54) is 132 Å². The van der Waals surface area contributed by atoms with E-state index in [1.807, 2.05) is 40.9 Å². The Kier molecular flexibility index (Phi) is 22.6. The van der Waals surface area contributed by atoms with Gasteiger partial charge in [-0.3, -0.25) is 0 Å². The zero-order chi connectivity index (χ0) is 90.0. The number of hydrogen-bond donors (Lipinski definition) is 1. The number of fused-ring (bicyclic) bond motifs is 12. The van der Waals surface area contributed by atoms with E-state index in [0.717, 1.165) is 112 Å². The van der Waals surface area contributed by atoms with Crippen molar-refractivity contribution in [1.82, 2.24) is 0 Å². The van der Waals surface area contributed by atoms with Crippen molar-refractivity contribution < 1.29 is 8.83 Å². The lowest BCUT2D eigenvalue weighted by Crippen LogP contribution is -2.34. The number of nitrogens with zero attached hydrogens (tertiary/aromatic N) is 3. The molecule has 9 heteroatoms. The Balaban J connectivity index is 0.000000149. The Labute approximate surface area is 776 Å². The highest BCUT2D eigenvalue weighted by atomic mass is 35.5. The standard InChI is InChI=1S/C59H64N2OS.C33H32ClNO.C26H33NS.CH4/c1-37-30-41(60(39-22-20-38(21-23-39)55(2,3)4)50-36-63-53-35-48-47(34-44(50)53)58(9,10)28-29-59(48,11)12)32-42(31-37)61(40-24-25-45-46(33-40)57(7,8)27-26-56(45,5)6)49-17-15-19-52-54(49)43-16-13-14-18-51(43)62-52;1-21-17-22(34)19-24(18-21)35(23-13-14-26-27(20-23)33(4,5)16-15-32(26,2)3)28-10-8-12-30-31(28)25-9-6-7-11-29(25)36-30;1-24(2,3)17-8-10-18(11-9-17)27-22-16-28-23-15-21-20(14-19(22)23)25(4,5)12-13-26(21,6)7;/h13-25,30-36H,26-29H2,1-12H3;6-14,17-20H,15-16H2,1-5H3;8-11,14-16,27H,12-13H2,1-7H3;1H4. The minimum Gasteiger partial charge on any atom is -0.456 e. The van der Waals surface area contributed by atoms with Crippen molar-refractivity contribution in [3.8, 4) is 0 Å². The molecule has 0 unspecified atom stereocenters. The zero-order valence-corrected chi connectivity index (χ0v) is 82.0. The molecule has 20 rings (SSSR count). The second-order valence-corrected chi connectivity index (χ2v) is 47.1. The van der Waals surface area contributed by atoms with E-state index in [1.54, 1.807) is 5.56 Å². The second-order valence-electron chi connectivity index (χ2n) is 44.9. The van der Waals surface area contributed by atoms with Gasteiger partial charge in [-0.05, 0) is 332 Å². The van der Waals surface area contributed by atoms with Gasteiger partial charge in [-0.1, -0.05) is 256 Å². The summed E-state index contributed by atoms with van der Waals surface area (Å²) >= 11 is 10.3. The fourth-order valence-corrected chi connectivity index (χ4v) is 23.3. The summed E-state index contributed by atoms with van der Waals surface area (Å²) in [6, 6.07) is 85.6. The van der Waals surface area contributed by atoms with Gasteiger partial charge in [-0.2, -0.15) is 0 Å². The maximum atomic E-state index is 6.61. The predicted molar refractivity (Wildman–Crippen MR) is 558 cm³/mol. The molecule has 0 aliphatic heterocycles. The summed E-state index contributed by atoms with van der Waals surface area (Å²) in [4.78, 5) is 7.38. The van der Waals surface area contributed by atoms with Crippen LogP contribution in [-0.4, -0.2) is 0 Å². The fourth-order valence-electron chi connectivity index (χ4n) is 21.2. The highest BCUT2D eigenvalue weighted by Crippen LogP contribution is 2.57. The number of aryl methyl sites for hydroxylation is 2. The van der Waals surface area contributed by atoms with Crippen LogP contribution < -0.4 is 20.0 Å². The third-order valence-electron chi connectivity index (χ3n) is 29.6. The van der Waals surface area contributed by atoms with Gasteiger partial charge in [0.2, 0.25) is 0 Å². The number of halogens is 1. The maximum absolute atomic E-state index is 6.61. The minimum absolute atomic E-state index is 0. The largest absolute Gasteiger partial charge is 0.456 e. The Morgan fingerprint density at radius 1 is 0.305 bits per heavy atom. The van der Waals surface area contributed by atoms with Crippen molar-refractivity contribution >= 4 is 161 Å². The lowest BCUT2D eigenvalue weighted by atomic mass is 9.63. The van der Waals surface area contributed by atoms with Gasteiger partial charge >= 0.3 is 0 Å². The summed E-state index contributed by atoms with van der Waals surface area (Å²) in [6.45, 7) is 56.6. The molecule has 4 aromatic heterocycles. The van der Waals surface area contributed by atoms with Crippen LogP contribution in [0.2, 0.25) is 5.02 Å². The maximum Gasteiger partial charge on any atom is 0.137 e. The van der Waals surface area contributed by atoms with Crippen molar-refractivity contribution in [2.24, 2.45) is 0 Å². The van der Waals surface area contributed by atoms with Crippen LogP contribution >= 0.6 is 34.3 Å². The average Bonchev–Trinajstić information content (AvgIpc) is 1.24. The van der Waals surface area contributed by atoms with Gasteiger partial charge in [-0.25, -0.2) is 0 Å². The molecule has 0 saturated carbocycles. The molecule has 0 saturated heterocycles. The van der Waals surface area contributed by atoms with Crippen molar-refractivity contribution in [2.45, 2.75) is 279 Å². The number of hydrogen-bond acceptors (Lipinski definition) is 8. The first-order chi connectivity index (χ1) is 59.8. The topological polar surface area (TPSA) is 48.0 Å². The smallest absolute Gasteiger partial charge is 0.137 e. The highest BCUT2D eigenvalue weighted by molar-refractivity contribution is 7.18. The molecule has 4 aliphatic rings. The van der Waals surface area contributed by atoms with Gasteiger partial charge < -0.3 is 28.9 Å². The zero-order valence-electron chi connectivity index (χ0n) is 79.6. The first kappa shape index (κ1) is 89.6. The Bertz CT molecular complexity index is 6930. The number of thiophene rings is 2. The van der Waals surface area contributed by atoms with E-state index in [2.05, 4.69) is 409 Å². The Morgan fingerprint density at radius 3 is 1.08 bits per heavy atom. The van der Waals surface area contributed by atoms with Crippen molar-refractivity contribution in [1.29, 1.82) is 0 Å². The minimum atomic E-state index is 0. The molecule has 16 aromatic rings. The summed E-state index contributed by atoms with van der Waals surface area (Å²) < 4.78 is 15.6. The van der Waals surface area contributed by atoms with Gasteiger partial charge in [0.1, 0.15) is 22.3 Å². The van der Waals surface area contributed by atoms with Crippen molar-refractivity contribution in [3.05, 3.63) is 313 Å². The van der Waals surface area contributed by atoms with E-state index in [9.17, 15) is 0 Å². The molecule has 1 N–H and O–H groups in total. The number of furan rings is 2. The molecule has 0 amide bonds. The van der Waals surface area contributed by atoms with Gasteiger partial charge in [0.25, 0.3) is 0 Å². The molecule has 6 nitrogen and oxygen atoms in total. The van der Waals surface area contributed by atoms with Crippen LogP contribution in [-0.2, 0) is 54.1 Å². The molecule has 4 heterocycles. The second kappa shape index (κ2) is 32.3. The van der Waals surface area contributed by atoms with Crippen LogP contribution in [0, 0.1) is 13.8 Å². The number of rotatable bonds is 11. The van der Waals surface area contributed by atoms with Gasteiger partial charge in [0.05, 0.1) is 33.5 Å². The molecule has 0 bridgehead atoms. The SMILES string of the molecule is C.CC(C)(C)c1ccc(Nc2csc3cc4c(cc23)C(C)(C)CCC4(C)C)cc1.Cc1cc(Cl)cc(N(c2ccc3c(c2)C(C)(C)CCC3(C)C)c2cccc3oc4ccccc4c23)c1.Cc1cc(N(c2ccc(C(C)(C)C)cc2)c2csc3cc4c(cc23)C(C)(C)CCC4(C)C)cc(N(c2ccc3c(c2)C(C)(C)CCC3(C)C)c2cccc3oc4ccccc4c23)c1. The summed E-state index contributed by atoms with van der Waals surface area (Å²) in [5.74, 6) is 0. The average molecular weight is 1750 g/mol. The lowest BCUT2D eigenvalue weighted by molar-refractivity contribution is 0.332. The van der Waals surface area contributed by atoms with Crippen LogP contribution in [0.4, 0.5) is 62.6 Å². The third kappa shape index (κ3) is 16.5. The first-order valence-electron chi connectivity index (χ1n) is 46.3. The third-order valence-corrected chi connectivity index (χ3v) is 31.7. The molecule has 660 valence electrons. The number of benzene rings is 12. The fraction of sp³-hybridized carbons (Fsp3) is 0.361. The monoisotopic (exact) mass is 1750 g/mol. The van der Waals surface area contributed by atoms with Crippen molar-refractivity contribution in [2.75, 3.05) is 20.0 Å². The predicted octanol–water partition coefficient (Wildman–Crippen LogP) is 37.3. The molecule has 128 heavy (non-hydrogen) atoms. The van der Waals surface area contributed by atoms with E-state index < -0.39 is 0 Å². The first-order valence-corrected chi connectivity index (χ1v) is 48.5. The molecule has 0 spiro atoms. The molecule has 0 atom stereocenters. The van der Waals surface area contributed by atoms with Crippen molar-refractivity contribution in [3.63, 3.8) is 0 Å². The summed E-state index contributed by atoms with van der Waals surface area (Å²) in [5.41, 5.74) is 34.5. The normalized spacial score (nSPS) is 17.1. The number of anilines is 11. The van der Waals surface area contributed by atoms with Gasteiger partial charge in [-0.15, -0.1) is 22.7 Å². The van der Waals surface area contributed by atoms with E-state index >= 15 is 0 Å². The van der Waals surface area contributed by atoms with Gasteiger partial charge in [0.15, 0.2) is 0 Å². The van der Waals surface area contributed by atoms with Crippen LogP contribution in [0.5, 0.6) is 0 Å². The lowest BCUT2D eigenvalue weighted by Gasteiger charge is -2.42. The van der Waals surface area contributed by atoms with E-state index in [0.29, 0.717) is 0 Å². The van der Waals surface area contributed by atoms with Crippen LogP contribution in [0.25, 0.3) is 64.0 Å². The molecule has 0 radical (unpaired) electrons. The summed E-state index contributed by atoms with van der Waals surface area (Å²) in [6.07, 6.45) is 9.60. The molecule has 0 fully saturated rings. The van der Waals surface area contributed by atoms with Crippen LogP contribution in [0.15, 0.2) is 250 Å². The highest BCUT2D eigenvalue weighted by Gasteiger charge is 2.43. The molecule has 4 aliphatic carbocycles. The van der Waals surface area contributed by atoms with Crippen LogP contribution in [0.3, 0.4) is 0 Å². The number of para-hydroxylation sites is 2. The molecular weight excluding hydrogens is 1620 g/mol. The Hall–Kier alpha value is -10.4. The Morgan fingerprint density at radius 2 is 0.648 bits per heavy atom. The molecule has 12 aromatic carbocycles. The van der Waals surface area contributed by atoms with E-state index in [-0.39, 0.29) is 61.6 Å². The quantitative estimate of drug-likeness (QED) is 0.139. The van der Waals surface area contributed by atoms with Crippen LogP contribution in [0.1, 0.15) is 278 Å². The van der Waals surface area contributed by atoms with Gasteiger partial charge in [0, 0.05) is 86.5 Å². The van der Waals surface area contributed by atoms with E-state index in [4.69, 9.17) is 20.4 Å². The summed E-state index contributed by atoms with van der Waals surface area (Å²) in [7, 11) is 0. The number of nitrogens with one attached hydrogen (secondary N) is 1.